The molecule has 0 aromatic carbocycles. The number of rotatable bonds is 11. The van der Waals surface area contributed by atoms with Gasteiger partial charge in [-0.1, -0.05) is 87.6 Å². The third-order valence-electron chi connectivity index (χ3n) is 2.92. The normalized spacial score (nSPS) is 11.2. The van der Waals surface area contributed by atoms with E-state index >= 15 is 0 Å². The van der Waals surface area contributed by atoms with Gasteiger partial charge in [-0.15, -0.1) is 0 Å². The largest absolute Gasteiger partial charge is 0.0928 e. The van der Waals surface area contributed by atoms with E-state index in [1.165, 1.54) is 69.5 Å². The molecular weight excluding hydrogens is 248 g/mol. The first-order valence-electron chi connectivity index (χ1n) is 6.83. The lowest BCUT2D eigenvalue weighted by Crippen LogP contribution is -1.87. The highest BCUT2D eigenvalue weighted by molar-refractivity contribution is 9.09. The number of halogens is 1. The number of hydrogen-bond donors (Lipinski definition) is 0. The van der Waals surface area contributed by atoms with Crippen LogP contribution < -0.4 is 0 Å². The lowest BCUT2D eigenvalue weighted by Gasteiger charge is -2.04. The Bertz CT molecular complexity index is 110. The Morgan fingerprint density at radius 3 is 1.47 bits per heavy atom. The third kappa shape index (κ3) is 14.5. The number of unbranched alkanes of at least 4 members (excludes halogenated alkanes) is 8. The Labute approximate surface area is 105 Å². The van der Waals surface area contributed by atoms with Gasteiger partial charge in [0.25, 0.3) is 0 Å². The molecular formula is C14H29Br. The van der Waals surface area contributed by atoms with Gasteiger partial charge in [0.1, 0.15) is 0 Å². The van der Waals surface area contributed by atoms with Crippen LogP contribution in [0.2, 0.25) is 0 Å². The molecule has 15 heavy (non-hydrogen) atoms. The van der Waals surface area contributed by atoms with Crippen molar-refractivity contribution in [2.45, 2.75) is 78.1 Å². The molecule has 0 aliphatic rings. The minimum Gasteiger partial charge on any atom is -0.0928 e. The van der Waals surface area contributed by atoms with E-state index in [2.05, 4.69) is 29.8 Å². The van der Waals surface area contributed by atoms with Crippen LogP contribution in [-0.4, -0.2) is 5.33 Å². The van der Waals surface area contributed by atoms with Crippen molar-refractivity contribution in [3.05, 3.63) is 0 Å². The van der Waals surface area contributed by atoms with E-state index in [-0.39, 0.29) is 0 Å². The molecule has 0 radical (unpaired) electrons. The molecule has 0 nitrogen and oxygen atoms in total. The smallest absolute Gasteiger partial charge is 0.00313 e. The zero-order valence-corrected chi connectivity index (χ0v) is 12.3. The lowest BCUT2D eigenvalue weighted by molar-refractivity contribution is 0.507. The van der Waals surface area contributed by atoms with E-state index in [1.807, 2.05) is 0 Å². The van der Waals surface area contributed by atoms with Crippen molar-refractivity contribution in [1.29, 1.82) is 0 Å². The highest BCUT2D eigenvalue weighted by Gasteiger charge is 1.95. The summed E-state index contributed by atoms with van der Waals surface area (Å²) in [6, 6.07) is 0. The van der Waals surface area contributed by atoms with Gasteiger partial charge in [0.2, 0.25) is 0 Å². The maximum Gasteiger partial charge on any atom is 0.00313 e. The van der Waals surface area contributed by atoms with Crippen molar-refractivity contribution in [2.24, 2.45) is 5.92 Å². The summed E-state index contributed by atoms with van der Waals surface area (Å²) in [4.78, 5) is 0. The summed E-state index contributed by atoms with van der Waals surface area (Å²) in [5, 5.41) is 1.18. The minimum atomic E-state index is 0.897. The molecule has 0 aliphatic carbocycles. The van der Waals surface area contributed by atoms with Gasteiger partial charge in [-0.3, -0.25) is 0 Å². The van der Waals surface area contributed by atoms with Crippen molar-refractivity contribution in [2.75, 3.05) is 5.33 Å². The van der Waals surface area contributed by atoms with Crippen LogP contribution in [0.1, 0.15) is 78.1 Å². The second-order valence-electron chi connectivity index (χ2n) is 5.05. The zero-order chi connectivity index (χ0) is 11.4. The van der Waals surface area contributed by atoms with E-state index < -0.39 is 0 Å². The van der Waals surface area contributed by atoms with Gasteiger partial charge < -0.3 is 0 Å². The highest BCUT2D eigenvalue weighted by atomic mass is 79.9. The summed E-state index contributed by atoms with van der Waals surface area (Å²) in [6.07, 6.45) is 14.4. The van der Waals surface area contributed by atoms with Crippen molar-refractivity contribution in [1.82, 2.24) is 0 Å². The maximum atomic E-state index is 3.47. The molecule has 0 aromatic heterocycles. The predicted molar refractivity (Wildman–Crippen MR) is 74.8 cm³/mol. The SMILES string of the molecule is CC(C)CCCCCCCCCCCBr. The first-order chi connectivity index (χ1) is 7.27. The molecule has 0 saturated heterocycles. The van der Waals surface area contributed by atoms with Crippen LogP contribution in [0.3, 0.4) is 0 Å². The standard InChI is InChI=1S/C14H29Br/c1-14(2)12-10-8-6-4-3-5-7-9-11-13-15/h14H,3-13H2,1-2H3. The molecule has 0 spiro atoms. The summed E-state index contributed by atoms with van der Waals surface area (Å²) >= 11 is 3.47. The van der Waals surface area contributed by atoms with Crippen molar-refractivity contribution in [3.63, 3.8) is 0 Å². The van der Waals surface area contributed by atoms with Crippen molar-refractivity contribution < 1.29 is 0 Å². The molecule has 0 rings (SSSR count). The van der Waals surface area contributed by atoms with Gasteiger partial charge in [0.15, 0.2) is 0 Å². The maximum absolute atomic E-state index is 3.47. The van der Waals surface area contributed by atoms with Crippen LogP contribution in [-0.2, 0) is 0 Å². The molecule has 0 fully saturated rings. The molecule has 0 atom stereocenters. The zero-order valence-electron chi connectivity index (χ0n) is 10.7. The third-order valence-corrected chi connectivity index (χ3v) is 3.48. The topological polar surface area (TPSA) is 0 Å². The van der Waals surface area contributed by atoms with E-state index in [0.717, 1.165) is 5.92 Å². The second-order valence-corrected chi connectivity index (χ2v) is 5.85. The van der Waals surface area contributed by atoms with Gasteiger partial charge in [-0.2, -0.15) is 0 Å². The van der Waals surface area contributed by atoms with Gasteiger partial charge in [0.05, 0.1) is 0 Å². The fraction of sp³-hybridized carbons (Fsp3) is 1.00. The van der Waals surface area contributed by atoms with Crippen molar-refractivity contribution in [3.8, 4) is 0 Å². The molecule has 0 aromatic rings. The molecule has 0 heterocycles. The van der Waals surface area contributed by atoms with E-state index in [0.29, 0.717) is 0 Å². The van der Waals surface area contributed by atoms with Crippen LogP contribution in [0.25, 0.3) is 0 Å². The average molecular weight is 277 g/mol. The molecule has 0 aliphatic heterocycles. The lowest BCUT2D eigenvalue weighted by atomic mass is 10.0. The Kier molecular flexibility index (Phi) is 13.0. The van der Waals surface area contributed by atoms with Crippen molar-refractivity contribution >= 4 is 15.9 Å². The summed E-state index contributed by atoms with van der Waals surface area (Å²) in [5.41, 5.74) is 0. The molecule has 0 bridgehead atoms. The van der Waals surface area contributed by atoms with E-state index in [1.54, 1.807) is 0 Å². The molecule has 0 saturated carbocycles. The molecule has 0 unspecified atom stereocenters. The fourth-order valence-corrected chi connectivity index (χ4v) is 2.28. The molecule has 0 N–H and O–H groups in total. The van der Waals surface area contributed by atoms with E-state index in [4.69, 9.17) is 0 Å². The van der Waals surface area contributed by atoms with Gasteiger partial charge in [0, 0.05) is 5.33 Å². The molecule has 0 amide bonds. The van der Waals surface area contributed by atoms with Crippen LogP contribution >= 0.6 is 15.9 Å². The quantitative estimate of drug-likeness (QED) is 0.324. The van der Waals surface area contributed by atoms with Gasteiger partial charge >= 0.3 is 0 Å². The second kappa shape index (κ2) is 12.5. The summed E-state index contributed by atoms with van der Waals surface area (Å²) < 4.78 is 0. The number of hydrogen-bond acceptors (Lipinski definition) is 0. The first-order valence-corrected chi connectivity index (χ1v) is 7.95. The average Bonchev–Trinajstić information content (AvgIpc) is 2.20. The first kappa shape index (κ1) is 15.5. The molecule has 92 valence electrons. The monoisotopic (exact) mass is 276 g/mol. The van der Waals surface area contributed by atoms with Crippen LogP contribution in [0.4, 0.5) is 0 Å². The summed E-state index contributed by atoms with van der Waals surface area (Å²) in [5.74, 6) is 0.897. The summed E-state index contributed by atoms with van der Waals surface area (Å²) in [6.45, 7) is 4.65. The van der Waals surface area contributed by atoms with Gasteiger partial charge in [-0.25, -0.2) is 0 Å². The predicted octanol–water partition coefficient (Wildman–Crippen LogP) is 5.94. The minimum absolute atomic E-state index is 0.897. The van der Waals surface area contributed by atoms with Crippen LogP contribution in [0.15, 0.2) is 0 Å². The Morgan fingerprint density at radius 1 is 0.667 bits per heavy atom. The Morgan fingerprint density at radius 2 is 1.07 bits per heavy atom. The van der Waals surface area contributed by atoms with Crippen LogP contribution in [0.5, 0.6) is 0 Å². The van der Waals surface area contributed by atoms with E-state index in [9.17, 15) is 0 Å². The Hall–Kier alpha value is 0.480. The number of alkyl halides is 1. The van der Waals surface area contributed by atoms with Gasteiger partial charge in [-0.05, 0) is 12.3 Å². The molecule has 1 heteroatoms. The summed E-state index contributed by atoms with van der Waals surface area (Å²) in [7, 11) is 0. The fourth-order valence-electron chi connectivity index (χ4n) is 1.88. The van der Waals surface area contributed by atoms with Crippen LogP contribution in [0, 0.1) is 5.92 Å². The Balaban J connectivity index is 2.87. The highest BCUT2D eigenvalue weighted by Crippen LogP contribution is 2.13.